The first-order valence-corrected chi connectivity index (χ1v) is 14.4. The van der Waals surface area contributed by atoms with E-state index in [1.165, 1.54) is 23.5 Å². The fourth-order valence-electron chi connectivity index (χ4n) is 4.29. The van der Waals surface area contributed by atoms with Crippen molar-refractivity contribution in [2.75, 3.05) is 45.2 Å². The summed E-state index contributed by atoms with van der Waals surface area (Å²) in [4.78, 5) is 22.2. The van der Waals surface area contributed by atoms with Gasteiger partial charge in [-0.15, -0.1) is 12.4 Å². The number of sulfonamides is 1. The molecule has 1 saturated heterocycles. The molecule has 0 aliphatic carbocycles. The van der Waals surface area contributed by atoms with Gasteiger partial charge in [-0.3, -0.25) is 9.69 Å². The summed E-state index contributed by atoms with van der Waals surface area (Å²) in [5, 5.41) is 1.13. The number of rotatable bonds is 8. The second-order valence-corrected chi connectivity index (χ2v) is 12.7. The fraction of sp³-hybridized carbons (Fsp3) is 0.440. The summed E-state index contributed by atoms with van der Waals surface area (Å²) in [7, 11) is 0.406. The molecule has 0 radical (unpaired) electrons. The number of aromatic nitrogens is 1. The summed E-state index contributed by atoms with van der Waals surface area (Å²) in [5.41, 5.74) is 1.10. The molecule has 2 heterocycles. The van der Waals surface area contributed by atoms with Crippen molar-refractivity contribution in [3.05, 3.63) is 53.1 Å². The van der Waals surface area contributed by atoms with Gasteiger partial charge in [0.2, 0.25) is 10.0 Å². The molecule has 36 heavy (non-hydrogen) atoms. The number of benzene rings is 2. The number of halogens is 2. The molecule has 1 aliphatic heterocycles. The van der Waals surface area contributed by atoms with E-state index < -0.39 is 10.0 Å². The van der Waals surface area contributed by atoms with E-state index in [-0.39, 0.29) is 23.2 Å². The van der Waals surface area contributed by atoms with Gasteiger partial charge in [0.25, 0.3) is 5.91 Å². The molecule has 196 valence electrons. The van der Waals surface area contributed by atoms with Gasteiger partial charge in [-0.1, -0.05) is 35.9 Å². The Hall–Kier alpha value is -1.75. The lowest BCUT2D eigenvalue weighted by molar-refractivity contribution is 0.0986. The number of carbonyl (C=O) groups is 1. The molecule has 11 heteroatoms. The lowest BCUT2D eigenvalue weighted by atomic mass is 10.0. The molecule has 0 spiro atoms. The highest BCUT2D eigenvalue weighted by Crippen LogP contribution is 2.33. The van der Waals surface area contributed by atoms with Crippen LogP contribution in [-0.2, 0) is 10.0 Å². The van der Waals surface area contributed by atoms with Crippen LogP contribution in [0.4, 0.5) is 5.13 Å². The van der Waals surface area contributed by atoms with Crippen LogP contribution in [-0.4, -0.2) is 68.8 Å². The highest BCUT2D eigenvalue weighted by atomic mass is 35.5. The first kappa shape index (κ1) is 28.8. The molecule has 1 aliphatic rings. The van der Waals surface area contributed by atoms with Crippen molar-refractivity contribution in [3.63, 3.8) is 0 Å². The lowest BCUT2D eigenvalue weighted by Crippen LogP contribution is -2.39. The van der Waals surface area contributed by atoms with Gasteiger partial charge in [0, 0.05) is 25.2 Å². The van der Waals surface area contributed by atoms with Gasteiger partial charge >= 0.3 is 0 Å². The zero-order chi connectivity index (χ0) is 25.2. The number of nitrogens with zero attached hydrogens (tertiary/aromatic N) is 4. The maximum atomic E-state index is 13.6. The number of thiazole rings is 1. The van der Waals surface area contributed by atoms with E-state index in [0.29, 0.717) is 46.8 Å². The average molecular weight is 572 g/mol. The number of hydrogen-bond donors (Lipinski definition) is 0. The van der Waals surface area contributed by atoms with Gasteiger partial charge in [0.1, 0.15) is 5.52 Å². The number of para-hydroxylation sites is 1. The number of fused-ring (bicyclic) bond motifs is 1. The van der Waals surface area contributed by atoms with Gasteiger partial charge in [-0.05, 0) is 82.2 Å². The van der Waals surface area contributed by atoms with Gasteiger partial charge in [-0.2, -0.15) is 4.31 Å². The Kier molecular flexibility index (Phi) is 9.76. The third kappa shape index (κ3) is 6.38. The largest absolute Gasteiger partial charge is 0.309 e. The van der Waals surface area contributed by atoms with E-state index in [0.717, 1.165) is 30.5 Å². The molecule has 2 aromatic carbocycles. The third-order valence-corrected chi connectivity index (χ3v) is 9.41. The number of carbonyl (C=O) groups excluding carboxylic acids is 1. The molecule has 3 aromatic rings. The Morgan fingerprint density at radius 2 is 1.89 bits per heavy atom. The third-order valence-electron chi connectivity index (χ3n) is 6.18. The second kappa shape index (κ2) is 12.2. The first-order valence-electron chi connectivity index (χ1n) is 11.8. The number of piperidine rings is 1. The average Bonchev–Trinajstić information content (AvgIpc) is 3.27. The Morgan fingerprint density at radius 1 is 1.17 bits per heavy atom. The second-order valence-electron chi connectivity index (χ2n) is 9.33. The highest BCUT2D eigenvalue weighted by Gasteiger charge is 2.29. The minimum atomic E-state index is -3.58. The molecular weight excluding hydrogens is 539 g/mol. The van der Waals surface area contributed by atoms with Crippen molar-refractivity contribution < 1.29 is 13.2 Å². The molecule has 1 amide bonds. The van der Waals surface area contributed by atoms with E-state index >= 15 is 0 Å². The number of amides is 1. The van der Waals surface area contributed by atoms with Crippen molar-refractivity contribution in [2.24, 2.45) is 5.92 Å². The molecule has 0 bridgehead atoms. The topological polar surface area (TPSA) is 73.8 Å². The minimum Gasteiger partial charge on any atom is -0.309 e. The van der Waals surface area contributed by atoms with Gasteiger partial charge in [0.05, 0.1) is 14.6 Å². The smallest absolute Gasteiger partial charge is 0.260 e. The van der Waals surface area contributed by atoms with Crippen molar-refractivity contribution in [1.82, 2.24) is 14.2 Å². The quantitative estimate of drug-likeness (QED) is 0.363. The van der Waals surface area contributed by atoms with E-state index in [1.54, 1.807) is 27.4 Å². The Bertz CT molecular complexity index is 1300. The van der Waals surface area contributed by atoms with Crippen molar-refractivity contribution in [3.8, 4) is 0 Å². The van der Waals surface area contributed by atoms with Crippen LogP contribution in [0, 0.1) is 5.92 Å². The van der Waals surface area contributed by atoms with Crippen LogP contribution in [0.5, 0.6) is 0 Å². The van der Waals surface area contributed by atoms with Crippen molar-refractivity contribution >= 4 is 66.6 Å². The van der Waals surface area contributed by atoms with E-state index in [2.05, 4.69) is 16.8 Å². The van der Waals surface area contributed by atoms with Crippen LogP contribution < -0.4 is 4.90 Å². The highest BCUT2D eigenvalue weighted by molar-refractivity contribution is 7.89. The van der Waals surface area contributed by atoms with E-state index in [9.17, 15) is 13.2 Å². The molecule has 4 rings (SSSR count). The standard InChI is InChI=1S/C25H31ClN4O3S2.ClH/c1-18-7-5-15-29(17-18)35(32,33)20-12-10-19(11-13-20)24(31)30(16-6-14-28(2)3)25-27-23-21(26)8-4-9-22(23)34-25;/h4,8-13,18H,5-7,14-17H2,1-3H3;1H. The van der Waals surface area contributed by atoms with Crippen molar-refractivity contribution in [1.29, 1.82) is 0 Å². The zero-order valence-corrected chi connectivity index (χ0v) is 23.9. The van der Waals surface area contributed by atoms with Crippen LogP contribution in [0.2, 0.25) is 5.02 Å². The fourth-order valence-corrected chi connectivity index (χ4v) is 7.17. The molecule has 1 fully saturated rings. The maximum absolute atomic E-state index is 13.6. The summed E-state index contributed by atoms with van der Waals surface area (Å²) < 4.78 is 28.7. The summed E-state index contributed by atoms with van der Waals surface area (Å²) in [6, 6.07) is 11.9. The maximum Gasteiger partial charge on any atom is 0.260 e. The van der Waals surface area contributed by atoms with Crippen LogP contribution in [0.15, 0.2) is 47.4 Å². The first-order chi connectivity index (χ1) is 16.7. The summed E-state index contributed by atoms with van der Waals surface area (Å²) in [5.74, 6) is 0.131. The summed E-state index contributed by atoms with van der Waals surface area (Å²) in [6.45, 7) is 4.45. The minimum absolute atomic E-state index is 0. The molecule has 1 atom stereocenters. The number of hydrogen-bond acceptors (Lipinski definition) is 6. The predicted octanol–water partition coefficient (Wildman–Crippen LogP) is 5.39. The Balaban J connectivity index is 0.00000361. The normalized spacial score (nSPS) is 16.8. The monoisotopic (exact) mass is 570 g/mol. The van der Waals surface area contributed by atoms with E-state index in [4.69, 9.17) is 11.6 Å². The van der Waals surface area contributed by atoms with Gasteiger partial charge in [0.15, 0.2) is 5.13 Å². The zero-order valence-electron chi connectivity index (χ0n) is 20.7. The van der Waals surface area contributed by atoms with Gasteiger partial charge in [-0.25, -0.2) is 13.4 Å². The predicted molar refractivity (Wildman–Crippen MR) is 150 cm³/mol. The number of anilines is 1. The van der Waals surface area contributed by atoms with Crippen LogP contribution in [0.25, 0.3) is 10.2 Å². The van der Waals surface area contributed by atoms with Crippen LogP contribution >= 0.6 is 35.3 Å². The van der Waals surface area contributed by atoms with Crippen LogP contribution in [0.1, 0.15) is 36.5 Å². The van der Waals surface area contributed by atoms with Crippen molar-refractivity contribution in [2.45, 2.75) is 31.1 Å². The molecule has 1 aromatic heterocycles. The SMILES string of the molecule is CC1CCCN(S(=O)(=O)c2ccc(C(=O)N(CCCN(C)C)c3nc4c(Cl)cccc4s3)cc2)C1.Cl. The summed E-state index contributed by atoms with van der Waals surface area (Å²) >= 11 is 7.75. The molecule has 0 N–H and O–H groups in total. The molecule has 7 nitrogen and oxygen atoms in total. The molecular formula is C25H32Cl2N4O3S2. The lowest BCUT2D eigenvalue weighted by Gasteiger charge is -2.30. The molecule has 0 saturated carbocycles. The molecule has 1 unspecified atom stereocenters. The Labute approximate surface area is 228 Å². The summed E-state index contributed by atoms with van der Waals surface area (Å²) in [6.07, 6.45) is 2.67. The van der Waals surface area contributed by atoms with Crippen LogP contribution in [0.3, 0.4) is 0 Å². The van der Waals surface area contributed by atoms with E-state index in [1.807, 2.05) is 26.2 Å². The Morgan fingerprint density at radius 3 is 2.53 bits per heavy atom. The van der Waals surface area contributed by atoms with Gasteiger partial charge < -0.3 is 4.90 Å².